The number of H-pyrrole nitrogens is 1. The highest BCUT2D eigenvalue weighted by atomic mass is 127. The van der Waals surface area contributed by atoms with Gasteiger partial charge < -0.3 is 10.1 Å². The van der Waals surface area contributed by atoms with Crippen molar-refractivity contribution in [3.8, 4) is 0 Å². The van der Waals surface area contributed by atoms with Crippen molar-refractivity contribution in [2.75, 3.05) is 12.9 Å². The third kappa shape index (κ3) is 2.68. The largest absolute Gasteiger partial charge is 0.396 e. The molecule has 0 bridgehead atoms. The Balaban J connectivity index is 3.17. The quantitative estimate of drug-likeness (QED) is 0.488. The van der Waals surface area contributed by atoms with Gasteiger partial charge in [-0.2, -0.15) is 0 Å². The van der Waals surface area contributed by atoms with Crippen LogP contribution >= 0.6 is 34.4 Å². The molecular formula is C7H9IN2O2S. The van der Waals surface area contributed by atoms with E-state index in [1.807, 2.05) is 28.8 Å². The first kappa shape index (κ1) is 11.0. The third-order valence-electron chi connectivity index (χ3n) is 1.45. The first-order valence-electron chi connectivity index (χ1n) is 3.62. The number of aromatic amines is 1. The van der Waals surface area contributed by atoms with Crippen molar-refractivity contribution in [1.82, 2.24) is 9.97 Å². The number of rotatable bonds is 3. The molecule has 0 atom stereocenters. The van der Waals surface area contributed by atoms with Gasteiger partial charge in [-0.1, -0.05) is 11.8 Å². The summed E-state index contributed by atoms with van der Waals surface area (Å²) in [5, 5.41) is 9.33. The maximum Gasteiger partial charge on any atom is 0.265 e. The van der Waals surface area contributed by atoms with Crippen LogP contribution in [0.3, 0.4) is 0 Å². The van der Waals surface area contributed by atoms with E-state index in [-0.39, 0.29) is 12.2 Å². The number of hydrogen-bond donors (Lipinski definition) is 2. The van der Waals surface area contributed by atoms with Crippen molar-refractivity contribution in [2.24, 2.45) is 0 Å². The first-order chi connectivity index (χ1) is 6.19. The fourth-order valence-electron chi connectivity index (χ4n) is 0.851. The van der Waals surface area contributed by atoms with Crippen molar-refractivity contribution in [3.05, 3.63) is 19.6 Å². The lowest BCUT2D eigenvalue weighted by atomic mass is 10.3. The Morgan fingerprint density at radius 3 is 2.92 bits per heavy atom. The number of nitrogens with zero attached hydrogens (tertiary/aromatic N) is 1. The monoisotopic (exact) mass is 312 g/mol. The summed E-state index contributed by atoms with van der Waals surface area (Å²) in [6, 6.07) is 0. The van der Waals surface area contributed by atoms with Crippen molar-refractivity contribution in [2.45, 2.75) is 11.6 Å². The van der Waals surface area contributed by atoms with Crippen LogP contribution in [0, 0.1) is 3.57 Å². The molecule has 2 N–H and O–H groups in total. The van der Waals surface area contributed by atoms with Gasteiger partial charge >= 0.3 is 0 Å². The molecule has 1 aromatic heterocycles. The predicted octanol–water partition coefficient (Wildman–Crippen LogP) is 0.631. The van der Waals surface area contributed by atoms with E-state index < -0.39 is 0 Å². The smallest absolute Gasteiger partial charge is 0.265 e. The average Bonchev–Trinajstić information content (AvgIpc) is 2.13. The number of thioether (sulfide) groups is 1. The highest BCUT2D eigenvalue weighted by Gasteiger charge is 2.07. The number of halogens is 1. The Labute approximate surface area is 93.3 Å². The Kier molecular flexibility index (Phi) is 4.20. The van der Waals surface area contributed by atoms with E-state index in [0.717, 1.165) is 0 Å². The van der Waals surface area contributed by atoms with Crippen LogP contribution in [-0.2, 0) is 6.42 Å². The first-order valence-corrected chi connectivity index (χ1v) is 5.93. The standard InChI is InChI=1S/C7H9IN2O2S/c1-13-7-9-4(2-3-11)5(8)6(12)10-7/h11H,2-3H2,1H3,(H,9,10,12). The lowest BCUT2D eigenvalue weighted by Gasteiger charge is -2.02. The molecule has 0 aromatic carbocycles. The zero-order chi connectivity index (χ0) is 9.84. The van der Waals surface area contributed by atoms with E-state index >= 15 is 0 Å². The molecule has 0 aliphatic carbocycles. The molecule has 13 heavy (non-hydrogen) atoms. The number of aliphatic hydroxyl groups excluding tert-OH is 1. The zero-order valence-electron chi connectivity index (χ0n) is 7.00. The van der Waals surface area contributed by atoms with Crippen LogP contribution in [0.1, 0.15) is 5.69 Å². The van der Waals surface area contributed by atoms with Crippen LogP contribution < -0.4 is 5.56 Å². The Morgan fingerprint density at radius 1 is 1.69 bits per heavy atom. The minimum Gasteiger partial charge on any atom is -0.396 e. The van der Waals surface area contributed by atoms with Crippen molar-refractivity contribution in [3.63, 3.8) is 0 Å². The lowest BCUT2D eigenvalue weighted by molar-refractivity contribution is 0.297. The van der Waals surface area contributed by atoms with Crippen LogP contribution in [0.2, 0.25) is 0 Å². The summed E-state index contributed by atoms with van der Waals surface area (Å²) < 4.78 is 0.560. The maximum atomic E-state index is 11.3. The molecule has 0 saturated carbocycles. The molecule has 6 heteroatoms. The van der Waals surface area contributed by atoms with Gasteiger partial charge in [-0.3, -0.25) is 4.79 Å². The SMILES string of the molecule is CSc1nc(CCO)c(I)c(=O)[nH]1. The molecule has 0 radical (unpaired) electrons. The fourth-order valence-corrected chi connectivity index (χ4v) is 1.77. The number of nitrogens with one attached hydrogen (secondary N) is 1. The Morgan fingerprint density at radius 2 is 2.38 bits per heavy atom. The molecule has 0 spiro atoms. The van der Waals surface area contributed by atoms with Crippen molar-refractivity contribution < 1.29 is 5.11 Å². The lowest BCUT2D eigenvalue weighted by Crippen LogP contribution is -2.16. The highest BCUT2D eigenvalue weighted by Crippen LogP contribution is 2.10. The molecular weight excluding hydrogens is 303 g/mol. The molecule has 0 aliphatic heterocycles. The molecule has 1 heterocycles. The van der Waals surface area contributed by atoms with Crippen LogP contribution in [0.4, 0.5) is 0 Å². The highest BCUT2D eigenvalue weighted by molar-refractivity contribution is 14.1. The van der Waals surface area contributed by atoms with Crippen molar-refractivity contribution >= 4 is 34.4 Å². The molecule has 1 aromatic rings. The van der Waals surface area contributed by atoms with Gasteiger partial charge in [-0.25, -0.2) is 4.98 Å². The second-order valence-corrected chi connectivity index (χ2v) is 4.18. The number of hydrogen-bond acceptors (Lipinski definition) is 4. The van der Waals surface area contributed by atoms with E-state index in [4.69, 9.17) is 5.11 Å². The molecule has 0 amide bonds. The van der Waals surface area contributed by atoms with Crippen LogP contribution in [0.15, 0.2) is 9.95 Å². The Hall–Kier alpha value is -0.0800. The van der Waals surface area contributed by atoms with Crippen molar-refractivity contribution in [1.29, 1.82) is 0 Å². The molecule has 0 aliphatic rings. The minimum absolute atomic E-state index is 0.0142. The van der Waals surface area contributed by atoms with Gasteiger partial charge in [-0.05, 0) is 28.8 Å². The van der Waals surface area contributed by atoms with Gasteiger partial charge in [0.25, 0.3) is 5.56 Å². The van der Waals surface area contributed by atoms with E-state index in [2.05, 4.69) is 9.97 Å². The topological polar surface area (TPSA) is 66.0 Å². The summed E-state index contributed by atoms with van der Waals surface area (Å²) in [5.74, 6) is 0. The summed E-state index contributed by atoms with van der Waals surface area (Å²) in [4.78, 5) is 18.1. The van der Waals surface area contributed by atoms with E-state index in [0.29, 0.717) is 20.8 Å². The molecule has 0 saturated heterocycles. The van der Waals surface area contributed by atoms with E-state index in [9.17, 15) is 4.79 Å². The van der Waals surface area contributed by atoms with Gasteiger partial charge in [0, 0.05) is 13.0 Å². The third-order valence-corrected chi connectivity index (χ3v) is 3.14. The minimum atomic E-state index is -0.136. The van der Waals surface area contributed by atoms with Crippen LogP contribution in [0.25, 0.3) is 0 Å². The van der Waals surface area contributed by atoms with Gasteiger partial charge in [0.05, 0.1) is 9.26 Å². The second-order valence-electron chi connectivity index (χ2n) is 2.31. The number of aromatic nitrogens is 2. The van der Waals surface area contributed by atoms with Gasteiger partial charge in [-0.15, -0.1) is 0 Å². The molecule has 72 valence electrons. The summed E-state index contributed by atoms with van der Waals surface area (Å²) in [7, 11) is 0. The Bertz CT molecular complexity index is 353. The predicted molar refractivity (Wildman–Crippen MR) is 60.1 cm³/mol. The molecule has 0 fully saturated rings. The van der Waals surface area contributed by atoms with E-state index in [1.54, 1.807) is 0 Å². The van der Waals surface area contributed by atoms with Gasteiger partial charge in [0.15, 0.2) is 5.16 Å². The summed E-state index contributed by atoms with van der Waals surface area (Å²) >= 11 is 3.31. The van der Waals surface area contributed by atoms with Gasteiger partial charge in [0.1, 0.15) is 0 Å². The molecule has 4 nitrogen and oxygen atoms in total. The zero-order valence-corrected chi connectivity index (χ0v) is 9.98. The number of aliphatic hydroxyl groups is 1. The second kappa shape index (κ2) is 4.97. The summed E-state index contributed by atoms with van der Waals surface area (Å²) in [6.45, 7) is 0.0142. The van der Waals surface area contributed by atoms with Gasteiger partial charge in [0.2, 0.25) is 0 Å². The normalized spacial score (nSPS) is 10.4. The van der Waals surface area contributed by atoms with Crippen LogP contribution in [0.5, 0.6) is 0 Å². The maximum absolute atomic E-state index is 11.3. The molecule has 0 unspecified atom stereocenters. The average molecular weight is 312 g/mol. The molecule has 1 rings (SSSR count). The van der Waals surface area contributed by atoms with Crippen LogP contribution in [-0.4, -0.2) is 27.9 Å². The van der Waals surface area contributed by atoms with E-state index in [1.165, 1.54) is 11.8 Å². The summed E-state index contributed by atoms with van der Waals surface area (Å²) in [6.07, 6.45) is 2.27. The fraction of sp³-hybridized carbons (Fsp3) is 0.429. The summed E-state index contributed by atoms with van der Waals surface area (Å²) in [5.41, 5.74) is 0.527.